The second-order valence-electron chi connectivity index (χ2n) is 6.28. The molecule has 1 unspecified atom stereocenters. The molecule has 0 spiro atoms. The monoisotopic (exact) mass is 450 g/mol. The Morgan fingerprint density at radius 3 is 2.35 bits per heavy atom. The molecular formula is C17H28ClIN4. The molecule has 6 heteroatoms. The molecule has 1 atom stereocenters. The van der Waals surface area contributed by atoms with Gasteiger partial charge < -0.3 is 15.1 Å². The quantitative estimate of drug-likeness (QED) is 0.410. The number of halogens is 2. The second-order valence-corrected chi connectivity index (χ2v) is 6.72. The summed E-state index contributed by atoms with van der Waals surface area (Å²) in [6.07, 6.45) is 2.70. The summed E-state index contributed by atoms with van der Waals surface area (Å²) < 4.78 is 0. The van der Waals surface area contributed by atoms with Gasteiger partial charge in [0.1, 0.15) is 0 Å². The minimum atomic E-state index is 0. The Labute approximate surface area is 162 Å². The molecule has 0 saturated heterocycles. The van der Waals surface area contributed by atoms with Crippen LogP contribution in [0.25, 0.3) is 0 Å². The average Bonchev–Trinajstić information content (AvgIpc) is 3.30. The zero-order valence-electron chi connectivity index (χ0n) is 14.4. The third-order valence-corrected chi connectivity index (χ3v) is 4.46. The number of rotatable bonds is 6. The van der Waals surface area contributed by atoms with Crippen molar-refractivity contribution in [1.82, 2.24) is 15.1 Å². The molecule has 130 valence electrons. The largest absolute Gasteiger partial charge is 0.355 e. The van der Waals surface area contributed by atoms with Crippen LogP contribution in [0.3, 0.4) is 0 Å². The van der Waals surface area contributed by atoms with Crippen LogP contribution < -0.4 is 5.32 Å². The van der Waals surface area contributed by atoms with Gasteiger partial charge in [-0.15, -0.1) is 24.0 Å². The zero-order valence-corrected chi connectivity index (χ0v) is 17.5. The van der Waals surface area contributed by atoms with E-state index in [4.69, 9.17) is 11.6 Å². The molecule has 1 N–H and O–H groups in total. The SMILES string of the molecule is CN=C(NCC(C1CC1)N(C)C)N(C)Cc1ccc(Cl)cc1.I. The number of hydrogen-bond acceptors (Lipinski definition) is 2. The second kappa shape index (κ2) is 9.69. The fourth-order valence-electron chi connectivity index (χ4n) is 2.77. The number of nitrogens with one attached hydrogen (secondary N) is 1. The highest BCUT2D eigenvalue weighted by molar-refractivity contribution is 14.0. The molecule has 0 radical (unpaired) electrons. The Kier molecular flexibility index (Phi) is 8.64. The molecule has 1 aliphatic carbocycles. The van der Waals surface area contributed by atoms with Gasteiger partial charge in [-0.2, -0.15) is 0 Å². The van der Waals surface area contributed by atoms with Crippen LogP contribution in [0.4, 0.5) is 0 Å². The highest BCUT2D eigenvalue weighted by atomic mass is 127. The first-order valence-corrected chi connectivity index (χ1v) is 8.21. The van der Waals surface area contributed by atoms with Crippen molar-refractivity contribution >= 4 is 41.5 Å². The maximum absolute atomic E-state index is 5.93. The van der Waals surface area contributed by atoms with Gasteiger partial charge in [-0.25, -0.2) is 0 Å². The van der Waals surface area contributed by atoms with E-state index in [1.165, 1.54) is 18.4 Å². The Morgan fingerprint density at radius 1 is 1.26 bits per heavy atom. The van der Waals surface area contributed by atoms with Crippen molar-refractivity contribution in [2.24, 2.45) is 10.9 Å². The van der Waals surface area contributed by atoms with Gasteiger partial charge >= 0.3 is 0 Å². The number of guanidine groups is 1. The maximum atomic E-state index is 5.93. The van der Waals surface area contributed by atoms with Crippen molar-refractivity contribution in [3.05, 3.63) is 34.9 Å². The van der Waals surface area contributed by atoms with Gasteiger partial charge in [0.05, 0.1) is 0 Å². The lowest BCUT2D eigenvalue weighted by molar-refractivity contribution is 0.262. The van der Waals surface area contributed by atoms with Gasteiger partial charge in [0.15, 0.2) is 5.96 Å². The van der Waals surface area contributed by atoms with Gasteiger partial charge in [-0.3, -0.25) is 4.99 Å². The van der Waals surface area contributed by atoms with Crippen molar-refractivity contribution in [1.29, 1.82) is 0 Å². The first-order chi connectivity index (χ1) is 10.5. The fourth-order valence-corrected chi connectivity index (χ4v) is 2.90. The van der Waals surface area contributed by atoms with Crippen LogP contribution in [0.1, 0.15) is 18.4 Å². The van der Waals surface area contributed by atoms with Crippen molar-refractivity contribution in [2.75, 3.05) is 34.7 Å². The molecule has 0 bridgehead atoms. The van der Waals surface area contributed by atoms with E-state index in [9.17, 15) is 0 Å². The number of benzene rings is 1. The lowest BCUT2D eigenvalue weighted by Gasteiger charge is -2.28. The minimum Gasteiger partial charge on any atom is -0.355 e. The van der Waals surface area contributed by atoms with E-state index in [1.807, 2.05) is 19.2 Å². The predicted octanol–water partition coefficient (Wildman–Crippen LogP) is 3.31. The topological polar surface area (TPSA) is 30.9 Å². The van der Waals surface area contributed by atoms with E-state index < -0.39 is 0 Å². The lowest BCUT2D eigenvalue weighted by Crippen LogP contribution is -2.46. The molecule has 1 aromatic rings. The maximum Gasteiger partial charge on any atom is 0.193 e. The summed E-state index contributed by atoms with van der Waals surface area (Å²) in [6, 6.07) is 8.55. The van der Waals surface area contributed by atoms with Crippen LogP contribution in [0.5, 0.6) is 0 Å². The molecule has 1 fully saturated rings. The van der Waals surface area contributed by atoms with Crippen LogP contribution in [0, 0.1) is 5.92 Å². The van der Waals surface area contributed by atoms with E-state index in [-0.39, 0.29) is 24.0 Å². The summed E-state index contributed by atoms with van der Waals surface area (Å²) in [5, 5.41) is 4.28. The minimum absolute atomic E-state index is 0. The van der Waals surface area contributed by atoms with Crippen molar-refractivity contribution in [3.63, 3.8) is 0 Å². The molecule has 1 saturated carbocycles. The molecule has 0 heterocycles. The lowest BCUT2D eigenvalue weighted by atomic mass is 10.1. The zero-order chi connectivity index (χ0) is 16.1. The molecule has 2 rings (SSSR count). The number of hydrogen-bond donors (Lipinski definition) is 1. The van der Waals surface area contributed by atoms with Gasteiger partial charge in [0.25, 0.3) is 0 Å². The van der Waals surface area contributed by atoms with Gasteiger partial charge in [0.2, 0.25) is 0 Å². The number of likely N-dealkylation sites (N-methyl/N-ethyl adjacent to an activating group) is 1. The van der Waals surface area contributed by atoms with Gasteiger partial charge in [-0.1, -0.05) is 23.7 Å². The molecule has 0 aromatic heterocycles. The van der Waals surface area contributed by atoms with E-state index in [0.29, 0.717) is 6.04 Å². The van der Waals surface area contributed by atoms with Crippen molar-refractivity contribution in [2.45, 2.75) is 25.4 Å². The Morgan fingerprint density at radius 2 is 1.87 bits per heavy atom. The Balaban J connectivity index is 0.00000264. The Bertz CT molecular complexity index is 498. The van der Waals surface area contributed by atoms with Crippen molar-refractivity contribution < 1.29 is 0 Å². The van der Waals surface area contributed by atoms with Crippen molar-refractivity contribution in [3.8, 4) is 0 Å². The third kappa shape index (κ3) is 6.47. The van der Waals surface area contributed by atoms with E-state index in [0.717, 1.165) is 30.0 Å². The molecule has 4 nitrogen and oxygen atoms in total. The molecule has 0 aliphatic heterocycles. The molecule has 1 aliphatic rings. The van der Waals surface area contributed by atoms with Crippen LogP contribution in [0.15, 0.2) is 29.3 Å². The third-order valence-electron chi connectivity index (χ3n) is 4.21. The van der Waals surface area contributed by atoms with Crippen LogP contribution >= 0.6 is 35.6 Å². The van der Waals surface area contributed by atoms with Gasteiger partial charge in [-0.05, 0) is 50.6 Å². The summed E-state index contributed by atoms with van der Waals surface area (Å²) in [4.78, 5) is 8.86. The normalized spacial score (nSPS) is 16.0. The highest BCUT2D eigenvalue weighted by Gasteiger charge is 2.32. The van der Waals surface area contributed by atoms with Gasteiger partial charge in [0, 0.05) is 38.2 Å². The highest BCUT2D eigenvalue weighted by Crippen LogP contribution is 2.34. The first kappa shape index (κ1) is 20.5. The molecule has 0 amide bonds. The average molecular weight is 451 g/mol. The molecular weight excluding hydrogens is 423 g/mol. The Hall–Kier alpha value is -0.530. The standard InChI is InChI=1S/C17H27ClN4.HI/c1-19-17(20-11-16(21(2)3)14-7-8-14)22(4)12-13-5-9-15(18)10-6-13;/h5-6,9-10,14,16H,7-8,11-12H2,1-4H3,(H,19,20);1H. The molecule has 23 heavy (non-hydrogen) atoms. The summed E-state index contributed by atoms with van der Waals surface area (Å²) in [5.41, 5.74) is 1.22. The molecule has 1 aromatic carbocycles. The van der Waals surface area contributed by atoms with E-state index in [2.05, 4.69) is 53.4 Å². The summed E-state index contributed by atoms with van der Waals surface area (Å²) in [7, 11) is 8.21. The summed E-state index contributed by atoms with van der Waals surface area (Å²) in [6.45, 7) is 1.75. The predicted molar refractivity (Wildman–Crippen MR) is 110 cm³/mol. The number of nitrogens with zero attached hydrogens (tertiary/aromatic N) is 3. The van der Waals surface area contributed by atoms with Crippen LogP contribution in [0.2, 0.25) is 5.02 Å². The summed E-state index contributed by atoms with van der Waals surface area (Å²) >= 11 is 5.93. The van der Waals surface area contributed by atoms with E-state index >= 15 is 0 Å². The smallest absolute Gasteiger partial charge is 0.193 e. The number of aliphatic imine (C=N–C) groups is 1. The first-order valence-electron chi connectivity index (χ1n) is 7.84. The summed E-state index contributed by atoms with van der Waals surface area (Å²) in [5.74, 6) is 1.77. The van der Waals surface area contributed by atoms with Crippen LogP contribution in [-0.2, 0) is 6.54 Å². The van der Waals surface area contributed by atoms with Crippen LogP contribution in [-0.4, -0.2) is 56.5 Å². The fraction of sp³-hybridized carbons (Fsp3) is 0.588. The van der Waals surface area contributed by atoms with E-state index in [1.54, 1.807) is 0 Å².